The molecule has 0 aromatic carbocycles. The molecule has 21 heavy (non-hydrogen) atoms. The molecule has 0 saturated carbocycles. The third-order valence-electron chi connectivity index (χ3n) is 2.90. The number of nitrogens with one attached hydrogen (secondary N) is 2. The molecule has 1 heterocycles. The Kier molecular flexibility index (Phi) is 6.69. The number of carboxylic acids is 1. The standard InChI is InChI=1S/C11H19F3N4O3/c12-11(13,14)8-18(7-9(19)20)10(21)16-3-6-17-4-1-15-2-5-17/h15H,1-8H2,(H,16,21)(H,19,20). The molecule has 7 nitrogen and oxygen atoms in total. The van der Waals surface area contributed by atoms with Crippen LogP contribution in [0.25, 0.3) is 0 Å². The van der Waals surface area contributed by atoms with E-state index < -0.39 is 31.3 Å². The summed E-state index contributed by atoms with van der Waals surface area (Å²) in [4.78, 5) is 24.4. The molecule has 1 saturated heterocycles. The zero-order valence-electron chi connectivity index (χ0n) is 11.4. The maximum absolute atomic E-state index is 12.3. The van der Waals surface area contributed by atoms with Gasteiger partial charge in [-0.15, -0.1) is 0 Å². The molecule has 3 N–H and O–H groups in total. The Morgan fingerprint density at radius 1 is 1.29 bits per heavy atom. The molecule has 1 rings (SSSR count). The quantitative estimate of drug-likeness (QED) is 0.619. The van der Waals surface area contributed by atoms with Crippen LogP contribution in [0.5, 0.6) is 0 Å². The van der Waals surface area contributed by atoms with Crippen LogP contribution in [-0.4, -0.2) is 85.4 Å². The summed E-state index contributed by atoms with van der Waals surface area (Å²) < 4.78 is 36.9. The van der Waals surface area contributed by atoms with Gasteiger partial charge in [0.25, 0.3) is 0 Å². The van der Waals surface area contributed by atoms with Crippen molar-refractivity contribution in [2.24, 2.45) is 0 Å². The molecular weight excluding hydrogens is 293 g/mol. The van der Waals surface area contributed by atoms with Gasteiger partial charge in [0.1, 0.15) is 13.1 Å². The average molecular weight is 312 g/mol. The van der Waals surface area contributed by atoms with Crippen LogP contribution in [0, 0.1) is 0 Å². The number of carbonyl (C=O) groups is 2. The first kappa shape index (κ1) is 17.5. The van der Waals surface area contributed by atoms with Gasteiger partial charge >= 0.3 is 18.2 Å². The molecule has 0 spiro atoms. The number of urea groups is 1. The second kappa shape index (κ2) is 8.03. The Morgan fingerprint density at radius 3 is 2.43 bits per heavy atom. The minimum Gasteiger partial charge on any atom is -0.480 e. The summed E-state index contributed by atoms with van der Waals surface area (Å²) in [6.07, 6.45) is -4.63. The van der Waals surface area contributed by atoms with Gasteiger partial charge in [-0.25, -0.2) is 4.79 Å². The summed E-state index contributed by atoms with van der Waals surface area (Å²) in [6.45, 7) is 1.37. The number of hydrogen-bond acceptors (Lipinski definition) is 4. The van der Waals surface area contributed by atoms with Crippen molar-refractivity contribution in [3.8, 4) is 0 Å². The number of aliphatic carboxylic acids is 1. The van der Waals surface area contributed by atoms with Gasteiger partial charge < -0.3 is 20.6 Å². The molecule has 1 aliphatic rings. The lowest BCUT2D eigenvalue weighted by atomic mass is 10.3. The Morgan fingerprint density at radius 2 is 1.90 bits per heavy atom. The highest BCUT2D eigenvalue weighted by Gasteiger charge is 2.33. The van der Waals surface area contributed by atoms with Crippen LogP contribution in [0.3, 0.4) is 0 Å². The van der Waals surface area contributed by atoms with Crippen molar-refractivity contribution in [3.05, 3.63) is 0 Å². The maximum atomic E-state index is 12.3. The van der Waals surface area contributed by atoms with Crippen molar-refractivity contribution in [2.75, 3.05) is 52.4 Å². The van der Waals surface area contributed by atoms with Gasteiger partial charge in [-0.2, -0.15) is 13.2 Å². The number of rotatable bonds is 6. The van der Waals surface area contributed by atoms with E-state index in [1.54, 1.807) is 0 Å². The van der Waals surface area contributed by atoms with Crippen molar-refractivity contribution in [1.82, 2.24) is 20.4 Å². The van der Waals surface area contributed by atoms with E-state index in [4.69, 9.17) is 5.11 Å². The Balaban J connectivity index is 2.38. The molecule has 0 radical (unpaired) electrons. The van der Waals surface area contributed by atoms with Gasteiger partial charge in [-0.05, 0) is 0 Å². The second-order valence-electron chi connectivity index (χ2n) is 4.69. The van der Waals surface area contributed by atoms with E-state index in [-0.39, 0.29) is 11.4 Å². The monoisotopic (exact) mass is 312 g/mol. The number of halogens is 3. The highest BCUT2D eigenvalue weighted by Crippen LogP contribution is 2.16. The summed E-state index contributed by atoms with van der Waals surface area (Å²) in [7, 11) is 0. The van der Waals surface area contributed by atoms with Crippen LogP contribution < -0.4 is 10.6 Å². The minimum absolute atomic E-state index is 0.173. The first-order valence-electron chi connectivity index (χ1n) is 6.52. The molecule has 0 aromatic heterocycles. The highest BCUT2D eigenvalue weighted by molar-refractivity contribution is 5.80. The SMILES string of the molecule is O=C(O)CN(CC(F)(F)F)C(=O)NCCN1CCNCC1. The molecule has 0 unspecified atom stereocenters. The summed E-state index contributed by atoms with van der Waals surface area (Å²) in [5, 5.41) is 14.0. The fourth-order valence-corrected chi connectivity index (χ4v) is 1.95. The fourth-order valence-electron chi connectivity index (χ4n) is 1.95. The number of alkyl halides is 3. The molecule has 1 aliphatic heterocycles. The Labute approximate surface area is 120 Å². The minimum atomic E-state index is -4.63. The number of carbonyl (C=O) groups excluding carboxylic acids is 1. The van der Waals surface area contributed by atoms with E-state index in [0.717, 1.165) is 26.2 Å². The lowest BCUT2D eigenvalue weighted by molar-refractivity contribution is -0.148. The molecule has 10 heteroatoms. The smallest absolute Gasteiger partial charge is 0.406 e. The van der Waals surface area contributed by atoms with Crippen molar-refractivity contribution in [2.45, 2.75) is 6.18 Å². The van der Waals surface area contributed by atoms with Gasteiger partial charge in [0.15, 0.2) is 0 Å². The largest absolute Gasteiger partial charge is 0.480 e. The molecule has 0 atom stereocenters. The summed E-state index contributed by atoms with van der Waals surface area (Å²) in [5.41, 5.74) is 0. The van der Waals surface area contributed by atoms with Crippen LogP contribution in [0.2, 0.25) is 0 Å². The molecular formula is C11H19F3N4O3. The van der Waals surface area contributed by atoms with E-state index in [0.29, 0.717) is 6.54 Å². The van der Waals surface area contributed by atoms with Crippen molar-refractivity contribution >= 4 is 12.0 Å². The third-order valence-corrected chi connectivity index (χ3v) is 2.90. The van der Waals surface area contributed by atoms with Crippen LogP contribution in [0.15, 0.2) is 0 Å². The number of hydrogen-bond donors (Lipinski definition) is 3. The number of nitrogens with zero attached hydrogens (tertiary/aromatic N) is 2. The number of piperazine rings is 1. The van der Waals surface area contributed by atoms with Crippen LogP contribution >= 0.6 is 0 Å². The van der Waals surface area contributed by atoms with E-state index in [2.05, 4.69) is 15.5 Å². The maximum Gasteiger partial charge on any atom is 0.406 e. The average Bonchev–Trinajstić information content (AvgIpc) is 2.37. The number of carboxylic acid groups (broad SMARTS) is 1. The molecule has 2 amide bonds. The molecule has 1 fully saturated rings. The summed E-state index contributed by atoms with van der Waals surface area (Å²) in [5.74, 6) is -1.49. The van der Waals surface area contributed by atoms with Gasteiger partial charge in [0.2, 0.25) is 0 Å². The van der Waals surface area contributed by atoms with E-state index in [9.17, 15) is 22.8 Å². The lowest BCUT2D eigenvalue weighted by Gasteiger charge is -2.28. The summed E-state index contributed by atoms with van der Waals surface area (Å²) in [6, 6.07) is -1.02. The van der Waals surface area contributed by atoms with Gasteiger partial charge in [0, 0.05) is 39.3 Å². The lowest BCUT2D eigenvalue weighted by Crippen LogP contribution is -2.50. The molecule has 0 bridgehead atoms. The first-order valence-corrected chi connectivity index (χ1v) is 6.52. The molecule has 122 valence electrons. The van der Waals surface area contributed by atoms with E-state index in [1.807, 2.05) is 0 Å². The van der Waals surface area contributed by atoms with Crippen LogP contribution in [0.4, 0.5) is 18.0 Å². The van der Waals surface area contributed by atoms with Crippen molar-refractivity contribution < 1.29 is 27.9 Å². The zero-order valence-corrected chi connectivity index (χ0v) is 11.4. The molecule has 0 aliphatic carbocycles. The Bertz CT molecular complexity index is 359. The highest BCUT2D eigenvalue weighted by atomic mass is 19.4. The Hall–Kier alpha value is -1.55. The van der Waals surface area contributed by atoms with Crippen molar-refractivity contribution in [1.29, 1.82) is 0 Å². The van der Waals surface area contributed by atoms with E-state index >= 15 is 0 Å². The summed E-state index contributed by atoms with van der Waals surface area (Å²) >= 11 is 0. The normalized spacial score (nSPS) is 16.5. The predicted molar refractivity (Wildman–Crippen MR) is 68.0 cm³/mol. The van der Waals surface area contributed by atoms with Crippen molar-refractivity contribution in [3.63, 3.8) is 0 Å². The predicted octanol–water partition coefficient (Wildman–Crippen LogP) is -0.450. The fraction of sp³-hybridized carbons (Fsp3) is 0.818. The second-order valence-corrected chi connectivity index (χ2v) is 4.69. The van der Waals surface area contributed by atoms with Gasteiger partial charge in [-0.3, -0.25) is 9.69 Å². The first-order chi connectivity index (χ1) is 9.78. The topological polar surface area (TPSA) is 84.9 Å². The van der Waals surface area contributed by atoms with Crippen LogP contribution in [0.1, 0.15) is 0 Å². The zero-order chi connectivity index (χ0) is 15.9. The molecule has 0 aromatic rings. The van der Waals surface area contributed by atoms with E-state index in [1.165, 1.54) is 0 Å². The third kappa shape index (κ3) is 7.71. The van der Waals surface area contributed by atoms with Gasteiger partial charge in [-0.1, -0.05) is 0 Å². The van der Waals surface area contributed by atoms with Gasteiger partial charge in [0.05, 0.1) is 0 Å². The number of amides is 2. The van der Waals surface area contributed by atoms with Crippen LogP contribution in [-0.2, 0) is 4.79 Å².